The molecule has 1 saturated heterocycles. The standard InChI is InChI=1S/C27H38NO9P/c1-19(26(32)34-14-12-20-7-5-4-6-8-20)17-38(33)36-18-27(2,3)24(37-38)25(31)28-13-11-23(30)35-16-21-9-10-22(29)15-21/h4-8,19,21,24H,9-18H2,1-3H3,(H,28,31)/t19-,21+,24+,38?/m1/s1. The molecule has 1 aromatic rings. The maximum Gasteiger partial charge on any atom is 0.332 e. The predicted molar refractivity (Wildman–Crippen MR) is 138 cm³/mol. The number of esters is 2. The Morgan fingerprint density at radius 2 is 1.92 bits per heavy atom. The van der Waals surface area contributed by atoms with Gasteiger partial charge >= 0.3 is 19.5 Å². The van der Waals surface area contributed by atoms with E-state index in [1.54, 1.807) is 20.8 Å². The SMILES string of the molecule is C[C@H](CP1(=O)OCC(C)(C)[C@H](C(=O)NCCC(=O)OC[C@H]2CCC(=O)C2)O1)C(=O)OCCc1ccccc1. The number of hydrogen-bond acceptors (Lipinski definition) is 9. The Labute approximate surface area is 223 Å². The van der Waals surface area contributed by atoms with Crippen LogP contribution in [-0.2, 0) is 48.7 Å². The second-order valence-corrected chi connectivity index (χ2v) is 12.8. The maximum atomic E-state index is 13.3. The van der Waals surface area contributed by atoms with Crippen LogP contribution in [0.15, 0.2) is 30.3 Å². The molecule has 1 saturated carbocycles. The molecular formula is C27H38NO9P. The Kier molecular flexibility index (Phi) is 10.7. The Hall–Kier alpha value is -2.55. The molecule has 38 heavy (non-hydrogen) atoms. The van der Waals surface area contributed by atoms with E-state index in [4.69, 9.17) is 18.5 Å². The minimum atomic E-state index is -3.76. The molecular weight excluding hydrogens is 513 g/mol. The van der Waals surface area contributed by atoms with Crippen LogP contribution in [0.1, 0.15) is 52.0 Å². The first-order valence-electron chi connectivity index (χ1n) is 13.0. The average Bonchev–Trinajstić information content (AvgIpc) is 3.30. The van der Waals surface area contributed by atoms with E-state index in [2.05, 4.69) is 5.32 Å². The fraction of sp³-hybridized carbons (Fsp3) is 0.630. The van der Waals surface area contributed by atoms with Gasteiger partial charge in [0.2, 0.25) is 5.91 Å². The van der Waals surface area contributed by atoms with Crippen molar-refractivity contribution >= 4 is 31.2 Å². The molecule has 1 aromatic carbocycles. The number of ketones is 1. The lowest BCUT2D eigenvalue weighted by molar-refractivity contribution is -0.147. The van der Waals surface area contributed by atoms with Gasteiger partial charge in [-0.15, -0.1) is 0 Å². The van der Waals surface area contributed by atoms with Gasteiger partial charge in [0.25, 0.3) is 0 Å². The van der Waals surface area contributed by atoms with Crippen molar-refractivity contribution in [1.29, 1.82) is 0 Å². The number of carbonyl (C=O) groups is 4. The Morgan fingerprint density at radius 1 is 1.18 bits per heavy atom. The summed E-state index contributed by atoms with van der Waals surface area (Å²) in [6.07, 6.45) is 0.898. The third kappa shape index (κ3) is 9.03. The minimum absolute atomic E-state index is 0.000287. The number of nitrogens with one attached hydrogen (secondary N) is 1. The molecule has 11 heteroatoms. The van der Waals surface area contributed by atoms with Gasteiger partial charge in [-0.05, 0) is 12.0 Å². The summed E-state index contributed by atoms with van der Waals surface area (Å²) >= 11 is 0. The number of amides is 1. The number of benzene rings is 1. The Bertz CT molecular complexity index is 1040. The number of rotatable bonds is 12. The first-order chi connectivity index (χ1) is 18.0. The van der Waals surface area contributed by atoms with Crippen molar-refractivity contribution in [2.45, 2.75) is 59.0 Å². The van der Waals surface area contributed by atoms with Crippen molar-refractivity contribution in [2.24, 2.45) is 17.3 Å². The van der Waals surface area contributed by atoms with Crippen LogP contribution in [0.2, 0.25) is 0 Å². The van der Waals surface area contributed by atoms with E-state index in [-0.39, 0.29) is 50.6 Å². The molecule has 4 atom stereocenters. The highest BCUT2D eigenvalue weighted by molar-refractivity contribution is 7.54. The van der Waals surface area contributed by atoms with Crippen LogP contribution >= 0.6 is 7.60 Å². The minimum Gasteiger partial charge on any atom is -0.465 e. The molecule has 0 bridgehead atoms. The van der Waals surface area contributed by atoms with Gasteiger partial charge in [0.1, 0.15) is 5.78 Å². The van der Waals surface area contributed by atoms with Crippen molar-refractivity contribution < 1.29 is 42.3 Å². The van der Waals surface area contributed by atoms with Crippen molar-refractivity contribution in [3.8, 4) is 0 Å². The van der Waals surface area contributed by atoms with Gasteiger partial charge in [0.15, 0.2) is 6.10 Å². The molecule has 1 aliphatic carbocycles. The van der Waals surface area contributed by atoms with Crippen LogP contribution in [0, 0.1) is 17.3 Å². The zero-order valence-electron chi connectivity index (χ0n) is 22.3. The van der Waals surface area contributed by atoms with E-state index in [0.717, 1.165) is 12.0 Å². The van der Waals surface area contributed by atoms with Gasteiger partial charge in [-0.2, -0.15) is 0 Å². The third-order valence-electron chi connectivity index (χ3n) is 6.68. The molecule has 0 radical (unpaired) electrons. The van der Waals surface area contributed by atoms with Gasteiger partial charge in [-0.3, -0.25) is 28.3 Å². The number of Topliss-reactive ketones (excluding diaryl/α,β-unsaturated/α-hetero) is 1. The van der Waals surface area contributed by atoms with Gasteiger partial charge in [-0.25, -0.2) is 0 Å². The lowest BCUT2D eigenvalue weighted by atomic mass is 9.87. The van der Waals surface area contributed by atoms with Gasteiger partial charge in [0, 0.05) is 37.1 Å². The summed E-state index contributed by atoms with van der Waals surface area (Å²) in [5.74, 6) is -2.02. The molecule has 1 aliphatic heterocycles. The van der Waals surface area contributed by atoms with Crippen molar-refractivity contribution in [3.63, 3.8) is 0 Å². The third-order valence-corrected chi connectivity index (χ3v) is 8.73. The van der Waals surface area contributed by atoms with Gasteiger partial charge in [-0.1, -0.05) is 51.1 Å². The molecule has 210 valence electrons. The van der Waals surface area contributed by atoms with Crippen molar-refractivity contribution in [3.05, 3.63) is 35.9 Å². The van der Waals surface area contributed by atoms with Crippen LogP contribution in [-0.4, -0.2) is 62.3 Å². The highest BCUT2D eigenvalue weighted by Crippen LogP contribution is 2.57. The fourth-order valence-electron chi connectivity index (χ4n) is 4.34. The molecule has 2 aliphatic rings. The summed E-state index contributed by atoms with van der Waals surface area (Å²) in [6.45, 7) is 5.49. The fourth-order valence-corrected chi connectivity index (χ4v) is 6.64. The normalized spacial score (nSPS) is 25.4. The molecule has 0 spiro atoms. The molecule has 10 nitrogen and oxygen atoms in total. The lowest BCUT2D eigenvalue weighted by Gasteiger charge is -2.40. The summed E-state index contributed by atoms with van der Waals surface area (Å²) in [7, 11) is -3.76. The molecule has 3 rings (SSSR count). The number of ether oxygens (including phenoxy) is 2. The van der Waals surface area contributed by atoms with Crippen LogP contribution in [0.25, 0.3) is 0 Å². The van der Waals surface area contributed by atoms with E-state index in [9.17, 15) is 23.7 Å². The van der Waals surface area contributed by atoms with E-state index in [0.29, 0.717) is 19.3 Å². The van der Waals surface area contributed by atoms with E-state index >= 15 is 0 Å². The molecule has 1 unspecified atom stereocenters. The quantitative estimate of drug-likeness (QED) is 0.306. The summed E-state index contributed by atoms with van der Waals surface area (Å²) < 4.78 is 35.1. The summed E-state index contributed by atoms with van der Waals surface area (Å²) in [6, 6.07) is 9.60. The zero-order chi connectivity index (χ0) is 27.8. The number of hydrogen-bond donors (Lipinski definition) is 1. The first kappa shape index (κ1) is 30.0. The van der Waals surface area contributed by atoms with Gasteiger partial charge in [0.05, 0.1) is 38.3 Å². The molecule has 1 amide bonds. The van der Waals surface area contributed by atoms with Crippen LogP contribution in [0.3, 0.4) is 0 Å². The second kappa shape index (κ2) is 13.5. The highest BCUT2D eigenvalue weighted by Gasteiger charge is 2.48. The van der Waals surface area contributed by atoms with E-state index < -0.39 is 42.9 Å². The van der Waals surface area contributed by atoms with E-state index in [1.165, 1.54) is 0 Å². The molecule has 1 heterocycles. The molecule has 0 aromatic heterocycles. The number of carbonyl (C=O) groups excluding carboxylic acids is 4. The average molecular weight is 552 g/mol. The van der Waals surface area contributed by atoms with E-state index in [1.807, 2.05) is 30.3 Å². The topological polar surface area (TPSA) is 134 Å². The smallest absolute Gasteiger partial charge is 0.332 e. The van der Waals surface area contributed by atoms with Crippen LogP contribution in [0.4, 0.5) is 0 Å². The van der Waals surface area contributed by atoms with Crippen molar-refractivity contribution in [2.75, 3.05) is 32.5 Å². The predicted octanol–water partition coefficient (Wildman–Crippen LogP) is 3.46. The monoisotopic (exact) mass is 551 g/mol. The second-order valence-electron chi connectivity index (χ2n) is 10.7. The summed E-state index contributed by atoms with van der Waals surface area (Å²) in [4.78, 5) is 48.7. The van der Waals surface area contributed by atoms with Crippen LogP contribution < -0.4 is 5.32 Å². The van der Waals surface area contributed by atoms with Gasteiger partial charge < -0.3 is 19.3 Å². The largest absolute Gasteiger partial charge is 0.465 e. The molecule has 2 fully saturated rings. The highest BCUT2D eigenvalue weighted by atomic mass is 31.2. The summed E-state index contributed by atoms with van der Waals surface area (Å²) in [5, 5.41) is 2.64. The lowest BCUT2D eigenvalue weighted by Crippen LogP contribution is -2.50. The molecule has 1 N–H and O–H groups in total. The Morgan fingerprint density at radius 3 is 2.61 bits per heavy atom. The summed E-state index contributed by atoms with van der Waals surface area (Å²) in [5.41, 5.74) is 0.252. The van der Waals surface area contributed by atoms with Crippen molar-refractivity contribution in [1.82, 2.24) is 5.32 Å². The maximum absolute atomic E-state index is 13.3. The first-order valence-corrected chi connectivity index (χ1v) is 14.8. The van der Waals surface area contributed by atoms with Crippen LogP contribution in [0.5, 0.6) is 0 Å². The zero-order valence-corrected chi connectivity index (χ0v) is 23.2. The Balaban J connectivity index is 1.43.